The molecule has 2 aromatic carbocycles. The maximum absolute atomic E-state index is 12.2. The summed E-state index contributed by atoms with van der Waals surface area (Å²) in [7, 11) is -1.83. The average molecular weight is 412 g/mol. The summed E-state index contributed by atoms with van der Waals surface area (Å²) in [6, 6.07) is 18.1. The molecule has 0 radical (unpaired) electrons. The van der Waals surface area contributed by atoms with E-state index in [0.717, 1.165) is 29.6 Å². The Morgan fingerprint density at radius 3 is 2.86 bits per heavy atom. The van der Waals surface area contributed by atoms with E-state index in [2.05, 4.69) is 34.3 Å². The van der Waals surface area contributed by atoms with Gasteiger partial charge in [0.15, 0.2) is 0 Å². The molecule has 0 aliphatic heterocycles. The van der Waals surface area contributed by atoms with Gasteiger partial charge >= 0.3 is 0 Å². The van der Waals surface area contributed by atoms with Gasteiger partial charge in [-0.2, -0.15) is 0 Å². The average Bonchev–Trinajstić information content (AvgIpc) is 3.11. The monoisotopic (exact) mass is 411 g/mol. The van der Waals surface area contributed by atoms with Crippen LogP contribution < -0.4 is 10.0 Å². The summed E-state index contributed by atoms with van der Waals surface area (Å²) in [6.45, 7) is 0.420. The smallest absolute Gasteiger partial charge is 0.232 e. The number of rotatable bonds is 8. The zero-order valence-electron chi connectivity index (χ0n) is 16.4. The molecule has 6 nitrogen and oxygen atoms in total. The number of aromatic nitrogens is 1. The Morgan fingerprint density at radius 1 is 1.14 bits per heavy atom. The van der Waals surface area contributed by atoms with Crippen LogP contribution in [0.25, 0.3) is 10.9 Å². The second kappa shape index (κ2) is 8.39. The van der Waals surface area contributed by atoms with Crippen LogP contribution in [-0.4, -0.2) is 32.9 Å². The summed E-state index contributed by atoms with van der Waals surface area (Å²) in [5.74, 6) is 0.857. The molecule has 7 heteroatoms. The molecule has 1 aliphatic rings. The Kier molecular flexibility index (Phi) is 5.69. The van der Waals surface area contributed by atoms with E-state index < -0.39 is 10.0 Å². The van der Waals surface area contributed by atoms with Gasteiger partial charge in [-0.3, -0.25) is 4.72 Å². The number of ether oxygens (including phenoxy) is 1. The third-order valence-corrected chi connectivity index (χ3v) is 6.55. The number of pyridine rings is 1. The van der Waals surface area contributed by atoms with Gasteiger partial charge in [0.1, 0.15) is 5.82 Å². The molecular formula is C22H25N3O3S. The molecular weight excluding hydrogens is 386 g/mol. The van der Waals surface area contributed by atoms with Gasteiger partial charge in [-0.15, -0.1) is 0 Å². The predicted octanol–water partition coefficient (Wildman–Crippen LogP) is 4.11. The van der Waals surface area contributed by atoms with Crippen molar-refractivity contribution in [3.63, 3.8) is 0 Å². The minimum Gasteiger partial charge on any atom is -0.385 e. The third kappa shape index (κ3) is 4.68. The number of hydrogen-bond donors (Lipinski definition) is 2. The Balaban J connectivity index is 1.48. The number of aryl methyl sites for hydroxylation is 1. The van der Waals surface area contributed by atoms with Crippen LogP contribution in [0.1, 0.15) is 30.0 Å². The van der Waals surface area contributed by atoms with Crippen LogP contribution in [0.3, 0.4) is 0 Å². The topological polar surface area (TPSA) is 80.3 Å². The van der Waals surface area contributed by atoms with Gasteiger partial charge in [-0.25, -0.2) is 13.4 Å². The van der Waals surface area contributed by atoms with E-state index in [9.17, 15) is 8.42 Å². The summed E-state index contributed by atoms with van der Waals surface area (Å²) in [5, 5.41) is 4.42. The van der Waals surface area contributed by atoms with Crippen molar-refractivity contribution in [2.75, 3.05) is 29.5 Å². The van der Waals surface area contributed by atoms with Crippen LogP contribution in [-0.2, 0) is 21.2 Å². The molecule has 0 saturated carbocycles. The lowest BCUT2D eigenvalue weighted by Gasteiger charge is -2.15. The normalized spacial score (nSPS) is 16.0. The van der Waals surface area contributed by atoms with Crippen molar-refractivity contribution in [3.05, 3.63) is 65.7 Å². The molecule has 0 saturated heterocycles. The largest absolute Gasteiger partial charge is 0.385 e. The molecule has 2 N–H and O–H groups in total. The number of nitrogens with zero attached hydrogens (tertiary/aromatic N) is 1. The first-order chi connectivity index (χ1) is 14.0. The van der Waals surface area contributed by atoms with Gasteiger partial charge in [0.25, 0.3) is 0 Å². The third-order valence-electron chi connectivity index (χ3n) is 5.18. The first-order valence-electron chi connectivity index (χ1n) is 9.79. The first-order valence-corrected chi connectivity index (χ1v) is 11.4. The highest BCUT2D eigenvalue weighted by Crippen LogP contribution is 2.33. The highest BCUT2D eigenvalue weighted by Gasteiger charge is 2.22. The van der Waals surface area contributed by atoms with Crippen LogP contribution in [0.2, 0.25) is 0 Å². The number of methoxy groups -OCH3 is 1. The number of sulfonamides is 1. The molecule has 0 fully saturated rings. The quantitative estimate of drug-likeness (QED) is 0.545. The van der Waals surface area contributed by atoms with Gasteiger partial charge in [-0.05, 0) is 60.7 Å². The molecule has 3 aromatic rings. The zero-order chi connectivity index (χ0) is 20.3. The highest BCUT2D eigenvalue weighted by atomic mass is 32.2. The number of nitrogens with one attached hydrogen (secondary N) is 2. The lowest BCUT2D eigenvalue weighted by molar-refractivity contribution is 0.199. The van der Waals surface area contributed by atoms with Crippen molar-refractivity contribution < 1.29 is 13.2 Å². The van der Waals surface area contributed by atoms with Crippen molar-refractivity contribution in [1.29, 1.82) is 0 Å². The summed E-state index contributed by atoms with van der Waals surface area (Å²) < 4.78 is 31.9. The molecule has 1 heterocycles. The Bertz CT molecular complexity index is 1120. The lowest BCUT2D eigenvalue weighted by atomic mass is 10.1. The Morgan fingerprint density at radius 2 is 2.00 bits per heavy atom. The number of hydrogen-bond acceptors (Lipinski definition) is 5. The maximum atomic E-state index is 12.2. The minimum absolute atomic E-state index is 0.0306. The van der Waals surface area contributed by atoms with Crippen molar-refractivity contribution >= 4 is 32.4 Å². The van der Waals surface area contributed by atoms with E-state index in [-0.39, 0.29) is 11.8 Å². The fourth-order valence-corrected chi connectivity index (χ4v) is 4.86. The van der Waals surface area contributed by atoms with E-state index in [1.54, 1.807) is 13.2 Å². The maximum Gasteiger partial charge on any atom is 0.232 e. The van der Waals surface area contributed by atoms with Crippen LogP contribution >= 0.6 is 0 Å². The fourth-order valence-electron chi connectivity index (χ4n) is 3.78. The first kappa shape index (κ1) is 19.7. The molecule has 4 rings (SSSR count). The van der Waals surface area contributed by atoms with Crippen LogP contribution in [0.15, 0.2) is 54.6 Å². The number of benzene rings is 2. The Hall–Kier alpha value is -2.64. The summed E-state index contributed by atoms with van der Waals surface area (Å²) in [4.78, 5) is 4.71. The zero-order valence-corrected chi connectivity index (χ0v) is 17.2. The molecule has 0 bridgehead atoms. The Labute approximate surface area is 171 Å². The second-order valence-electron chi connectivity index (χ2n) is 7.31. The van der Waals surface area contributed by atoms with Crippen molar-refractivity contribution in [1.82, 2.24) is 4.98 Å². The van der Waals surface area contributed by atoms with Crippen LogP contribution in [0.4, 0.5) is 11.5 Å². The molecule has 0 amide bonds. The summed E-state index contributed by atoms with van der Waals surface area (Å²) >= 11 is 0. The number of fused-ring (bicyclic) bond motifs is 2. The molecule has 152 valence electrons. The van der Waals surface area contributed by atoms with Crippen LogP contribution in [0.5, 0.6) is 0 Å². The molecule has 29 heavy (non-hydrogen) atoms. The predicted molar refractivity (Wildman–Crippen MR) is 117 cm³/mol. The van der Waals surface area contributed by atoms with Gasteiger partial charge in [0.05, 0.1) is 17.3 Å². The van der Waals surface area contributed by atoms with Crippen LogP contribution in [0, 0.1) is 0 Å². The van der Waals surface area contributed by atoms with Gasteiger partial charge < -0.3 is 10.1 Å². The lowest BCUT2D eigenvalue weighted by Crippen LogP contribution is -2.17. The molecule has 1 aromatic heterocycles. The van der Waals surface area contributed by atoms with E-state index in [4.69, 9.17) is 9.72 Å². The fraction of sp³-hybridized carbons (Fsp3) is 0.318. The molecule has 1 atom stereocenters. The van der Waals surface area contributed by atoms with E-state index in [1.165, 1.54) is 11.1 Å². The number of anilines is 2. The second-order valence-corrected chi connectivity index (χ2v) is 9.15. The SMILES string of the molecule is COCCCS(=O)(=O)Nc1ccc2nc(N[C@@H]3CCc4ccccc43)ccc2c1. The molecule has 0 spiro atoms. The van der Waals surface area contributed by atoms with Crippen molar-refractivity contribution in [2.45, 2.75) is 25.3 Å². The van der Waals surface area contributed by atoms with Crippen molar-refractivity contribution in [2.24, 2.45) is 0 Å². The van der Waals surface area contributed by atoms with Gasteiger partial charge in [0.2, 0.25) is 10.0 Å². The molecule has 1 aliphatic carbocycles. The summed E-state index contributed by atoms with van der Waals surface area (Å²) in [6.07, 6.45) is 2.60. The standard InChI is InChI=1S/C22H25N3O3S/c1-28-13-4-14-29(26,27)25-18-9-11-20-17(15-18)8-12-22(23-20)24-21-10-7-16-5-2-3-6-19(16)21/h2-3,5-6,8-9,11-12,15,21,25H,4,7,10,13-14H2,1H3,(H,23,24)/t21-/m1/s1. The van der Waals surface area contributed by atoms with E-state index in [1.807, 2.05) is 24.3 Å². The summed E-state index contributed by atoms with van der Waals surface area (Å²) in [5.41, 5.74) is 4.10. The molecule has 0 unspecified atom stereocenters. The minimum atomic E-state index is -3.39. The van der Waals surface area contributed by atoms with Gasteiger partial charge in [0, 0.05) is 24.8 Å². The van der Waals surface area contributed by atoms with Crippen molar-refractivity contribution in [3.8, 4) is 0 Å². The van der Waals surface area contributed by atoms with E-state index in [0.29, 0.717) is 18.7 Å². The van der Waals surface area contributed by atoms with Gasteiger partial charge in [-0.1, -0.05) is 24.3 Å². The highest BCUT2D eigenvalue weighted by molar-refractivity contribution is 7.92. The van der Waals surface area contributed by atoms with E-state index >= 15 is 0 Å².